The van der Waals surface area contributed by atoms with Crippen LogP contribution in [-0.2, 0) is 0 Å². The Hall–Kier alpha value is -8.44. The number of para-hydroxylation sites is 2. The van der Waals surface area contributed by atoms with Crippen LogP contribution in [0.2, 0.25) is 0 Å². The van der Waals surface area contributed by atoms with E-state index in [9.17, 15) is 10.5 Å². The van der Waals surface area contributed by atoms with Gasteiger partial charge in [0.25, 0.3) is 0 Å². The minimum absolute atomic E-state index is 0.497. The monoisotopic (exact) mass is 766 g/mol. The first-order chi connectivity index (χ1) is 29.7. The highest BCUT2D eigenvalue weighted by atomic mass is 15.1. The number of rotatable bonds is 10. The summed E-state index contributed by atoms with van der Waals surface area (Å²) in [7, 11) is 0. The summed E-state index contributed by atoms with van der Waals surface area (Å²) in [6.07, 6.45) is 7.79. The maximum atomic E-state index is 10.2. The average Bonchev–Trinajstić information content (AvgIpc) is 3.32. The standard InChI is InChI=1S/C56H38N4/c57-39-47-38-46(32-26-42-29-35-52(36-30-42)60(50-19-5-2-6-20-50)56-24-12-16-44-14-8-10-22-54(44)56)48(40-58)37-45(47)31-25-41-27-33-51(34-28-41)59(49-17-3-1-4-18-49)55-23-11-15-43-13-7-9-21-53(43)55/h1-38H. The van der Waals surface area contributed by atoms with Crippen LogP contribution >= 0.6 is 0 Å². The van der Waals surface area contributed by atoms with Crippen molar-refractivity contribution in [3.63, 3.8) is 0 Å². The topological polar surface area (TPSA) is 54.1 Å². The molecule has 60 heavy (non-hydrogen) atoms. The molecule has 4 nitrogen and oxygen atoms in total. The lowest BCUT2D eigenvalue weighted by Gasteiger charge is -2.27. The first kappa shape index (κ1) is 37.2. The zero-order valence-corrected chi connectivity index (χ0v) is 32.7. The number of nitrogens with zero attached hydrogens (tertiary/aromatic N) is 4. The van der Waals surface area contributed by atoms with E-state index >= 15 is 0 Å². The van der Waals surface area contributed by atoms with E-state index in [2.05, 4.69) is 204 Å². The molecule has 4 heteroatoms. The zero-order valence-electron chi connectivity index (χ0n) is 32.7. The van der Waals surface area contributed by atoms with Gasteiger partial charge in [0.15, 0.2) is 0 Å². The first-order valence-corrected chi connectivity index (χ1v) is 19.9. The molecule has 0 amide bonds. The number of benzene rings is 9. The second-order valence-corrected chi connectivity index (χ2v) is 14.4. The maximum absolute atomic E-state index is 10.2. The van der Waals surface area contributed by atoms with Crippen LogP contribution in [0.3, 0.4) is 0 Å². The summed E-state index contributed by atoms with van der Waals surface area (Å²) >= 11 is 0. The largest absolute Gasteiger partial charge is 0.310 e. The second kappa shape index (κ2) is 17.0. The molecule has 9 aromatic carbocycles. The van der Waals surface area contributed by atoms with Crippen molar-refractivity contribution in [1.29, 1.82) is 10.5 Å². The summed E-state index contributed by atoms with van der Waals surface area (Å²) in [6.45, 7) is 0. The fourth-order valence-corrected chi connectivity index (χ4v) is 7.76. The first-order valence-electron chi connectivity index (χ1n) is 19.9. The summed E-state index contributed by atoms with van der Waals surface area (Å²) < 4.78 is 0. The van der Waals surface area contributed by atoms with Crippen LogP contribution in [0.15, 0.2) is 206 Å². The van der Waals surface area contributed by atoms with E-state index in [0.29, 0.717) is 22.3 Å². The van der Waals surface area contributed by atoms with Crippen molar-refractivity contribution in [2.75, 3.05) is 9.80 Å². The summed E-state index contributed by atoms with van der Waals surface area (Å²) in [5.74, 6) is 0. The van der Waals surface area contributed by atoms with Crippen LogP contribution in [-0.4, -0.2) is 0 Å². The molecule has 0 unspecified atom stereocenters. The molecule has 0 bridgehead atoms. The Morgan fingerprint density at radius 1 is 0.333 bits per heavy atom. The SMILES string of the molecule is N#Cc1cc(C=Cc2ccc(N(c3ccccc3)c3cccc4ccccc34)cc2)c(C#N)cc1C=Cc1ccc(N(c2ccccc2)c2cccc3ccccc23)cc1. The Morgan fingerprint density at radius 3 is 1.08 bits per heavy atom. The average molecular weight is 767 g/mol. The van der Waals surface area contributed by atoms with Gasteiger partial charge in [0.2, 0.25) is 0 Å². The van der Waals surface area contributed by atoms with Gasteiger partial charge in [0.1, 0.15) is 0 Å². The predicted molar refractivity (Wildman–Crippen MR) is 251 cm³/mol. The third-order valence-electron chi connectivity index (χ3n) is 10.7. The molecule has 9 aromatic rings. The predicted octanol–water partition coefficient (Wildman–Crippen LogP) is 15.0. The van der Waals surface area contributed by atoms with E-state index in [0.717, 1.165) is 45.3 Å². The summed E-state index contributed by atoms with van der Waals surface area (Å²) in [5, 5.41) is 25.1. The van der Waals surface area contributed by atoms with Crippen LogP contribution < -0.4 is 9.80 Å². The molecule has 0 heterocycles. The lowest BCUT2D eigenvalue weighted by molar-refractivity contribution is 1.30. The molecule has 0 aliphatic heterocycles. The minimum atomic E-state index is 0.497. The van der Waals surface area contributed by atoms with Gasteiger partial charge in [0, 0.05) is 33.5 Å². The Balaban J connectivity index is 0.967. The Kier molecular flexibility index (Phi) is 10.5. The van der Waals surface area contributed by atoms with Gasteiger partial charge in [-0.15, -0.1) is 0 Å². The Labute approximate surface area is 350 Å². The highest BCUT2D eigenvalue weighted by molar-refractivity contribution is 6.00. The van der Waals surface area contributed by atoms with Gasteiger partial charge in [-0.1, -0.05) is 158 Å². The fraction of sp³-hybridized carbons (Fsp3) is 0. The molecular weight excluding hydrogens is 729 g/mol. The van der Waals surface area contributed by atoms with E-state index in [1.165, 1.54) is 21.5 Å². The smallest absolute Gasteiger partial charge is 0.0998 e. The minimum Gasteiger partial charge on any atom is -0.310 e. The number of anilines is 6. The molecule has 0 aromatic heterocycles. The van der Waals surface area contributed by atoms with Crippen LogP contribution in [0.4, 0.5) is 34.1 Å². The van der Waals surface area contributed by atoms with E-state index in [1.807, 2.05) is 36.4 Å². The van der Waals surface area contributed by atoms with Crippen molar-refractivity contribution >= 4 is 80.0 Å². The number of nitriles is 2. The lowest BCUT2D eigenvalue weighted by Crippen LogP contribution is -2.10. The summed E-state index contributed by atoms with van der Waals surface area (Å²) in [4.78, 5) is 4.55. The maximum Gasteiger partial charge on any atom is 0.0998 e. The van der Waals surface area contributed by atoms with E-state index in [-0.39, 0.29) is 0 Å². The van der Waals surface area contributed by atoms with Crippen LogP contribution in [0.25, 0.3) is 45.8 Å². The molecule has 0 aliphatic carbocycles. The van der Waals surface area contributed by atoms with Crippen molar-refractivity contribution in [3.8, 4) is 12.1 Å². The normalized spacial score (nSPS) is 11.2. The molecule has 282 valence electrons. The van der Waals surface area contributed by atoms with Crippen LogP contribution in [0.1, 0.15) is 33.4 Å². The number of hydrogen-bond acceptors (Lipinski definition) is 4. The zero-order chi connectivity index (χ0) is 40.7. The highest BCUT2D eigenvalue weighted by Crippen LogP contribution is 2.40. The number of fused-ring (bicyclic) bond motifs is 2. The summed E-state index contributed by atoms with van der Waals surface area (Å²) in [6, 6.07) is 75.5. The van der Waals surface area contributed by atoms with Crippen molar-refractivity contribution < 1.29 is 0 Å². The molecule has 0 atom stereocenters. The molecular formula is C56H38N4. The molecule has 9 rings (SSSR count). The fourth-order valence-electron chi connectivity index (χ4n) is 7.76. The highest BCUT2D eigenvalue weighted by Gasteiger charge is 2.16. The van der Waals surface area contributed by atoms with Crippen molar-refractivity contribution in [3.05, 3.63) is 240 Å². The van der Waals surface area contributed by atoms with Gasteiger partial charge < -0.3 is 9.80 Å². The molecule has 0 spiro atoms. The van der Waals surface area contributed by atoms with Gasteiger partial charge >= 0.3 is 0 Å². The summed E-state index contributed by atoms with van der Waals surface area (Å²) in [5.41, 5.74) is 10.7. The Morgan fingerprint density at radius 2 is 0.683 bits per heavy atom. The van der Waals surface area contributed by atoms with Gasteiger partial charge in [-0.25, -0.2) is 0 Å². The van der Waals surface area contributed by atoms with Crippen LogP contribution in [0, 0.1) is 22.7 Å². The third kappa shape index (κ3) is 7.65. The van der Waals surface area contributed by atoms with Gasteiger partial charge in [0.05, 0.1) is 34.6 Å². The lowest BCUT2D eigenvalue weighted by atomic mass is 9.97. The second-order valence-electron chi connectivity index (χ2n) is 14.4. The number of hydrogen-bond donors (Lipinski definition) is 0. The Bertz CT molecular complexity index is 2870. The van der Waals surface area contributed by atoms with Crippen LogP contribution in [0.5, 0.6) is 0 Å². The van der Waals surface area contributed by atoms with E-state index < -0.39 is 0 Å². The van der Waals surface area contributed by atoms with Crippen molar-refractivity contribution in [2.45, 2.75) is 0 Å². The van der Waals surface area contributed by atoms with Gasteiger partial charge in [-0.3, -0.25) is 0 Å². The molecule has 0 fully saturated rings. The molecule has 0 aliphatic rings. The van der Waals surface area contributed by atoms with Gasteiger partial charge in [-0.05, 0) is 106 Å². The van der Waals surface area contributed by atoms with Crippen molar-refractivity contribution in [2.24, 2.45) is 0 Å². The molecule has 0 radical (unpaired) electrons. The third-order valence-corrected chi connectivity index (χ3v) is 10.7. The molecule has 0 N–H and O–H groups in total. The van der Waals surface area contributed by atoms with E-state index in [4.69, 9.17) is 0 Å². The molecule has 0 saturated carbocycles. The van der Waals surface area contributed by atoms with Gasteiger partial charge in [-0.2, -0.15) is 10.5 Å². The molecule has 0 saturated heterocycles. The van der Waals surface area contributed by atoms with Crippen molar-refractivity contribution in [1.82, 2.24) is 0 Å². The quantitative estimate of drug-likeness (QED) is 0.130. The van der Waals surface area contributed by atoms with E-state index in [1.54, 1.807) is 12.1 Å².